The van der Waals surface area contributed by atoms with Gasteiger partial charge in [0.05, 0.1) is 7.11 Å². The van der Waals surface area contributed by atoms with Crippen LogP contribution in [0.5, 0.6) is 0 Å². The van der Waals surface area contributed by atoms with E-state index in [1.807, 2.05) is 31.2 Å². The van der Waals surface area contributed by atoms with E-state index in [0.717, 1.165) is 12.1 Å². The fraction of sp³-hybridized carbons (Fsp3) is 0.562. The molecule has 0 heterocycles. The maximum atomic E-state index is 12.1. The molecule has 0 aliphatic heterocycles. The summed E-state index contributed by atoms with van der Waals surface area (Å²) in [6.45, 7) is 3.99. The van der Waals surface area contributed by atoms with Crippen LogP contribution < -0.4 is 5.32 Å². The third-order valence-corrected chi connectivity index (χ3v) is 4.03. The topological polar surface area (TPSA) is 38.3 Å². The number of aryl methyl sites for hydroxylation is 1. The Balaban J connectivity index is 2.12. The van der Waals surface area contributed by atoms with Crippen LogP contribution in [0.3, 0.4) is 0 Å². The fourth-order valence-electron chi connectivity index (χ4n) is 2.64. The molecule has 1 aliphatic rings. The molecule has 3 heteroatoms. The summed E-state index contributed by atoms with van der Waals surface area (Å²) in [5.41, 5.74) is 1.55. The van der Waals surface area contributed by atoms with Gasteiger partial charge < -0.3 is 10.1 Å². The van der Waals surface area contributed by atoms with Crippen molar-refractivity contribution in [1.29, 1.82) is 0 Å². The fourth-order valence-corrected chi connectivity index (χ4v) is 2.64. The van der Waals surface area contributed by atoms with Crippen LogP contribution >= 0.6 is 0 Å². The lowest BCUT2D eigenvalue weighted by atomic mass is 9.76. The van der Waals surface area contributed by atoms with E-state index in [1.54, 1.807) is 0 Å². The summed E-state index contributed by atoms with van der Waals surface area (Å²) < 4.78 is 4.98. The molecule has 0 radical (unpaired) electrons. The molecular formula is C16H23NO2. The Morgan fingerprint density at radius 1 is 1.37 bits per heavy atom. The maximum absolute atomic E-state index is 12.1. The van der Waals surface area contributed by atoms with Gasteiger partial charge in [0, 0.05) is 5.69 Å². The van der Waals surface area contributed by atoms with Gasteiger partial charge in [-0.05, 0) is 38.3 Å². The zero-order chi connectivity index (χ0) is 13.9. The molecule has 1 aromatic carbocycles. The summed E-state index contributed by atoms with van der Waals surface area (Å²) in [6, 6.07) is 8.11. The number of carbonyl (C=O) groups excluding carboxylic acids is 1. The number of anilines is 1. The Morgan fingerprint density at radius 3 is 2.47 bits per heavy atom. The van der Waals surface area contributed by atoms with E-state index in [-0.39, 0.29) is 5.97 Å². The van der Waals surface area contributed by atoms with E-state index < -0.39 is 5.54 Å². The van der Waals surface area contributed by atoms with Gasteiger partial charge in [-0.1, -0.05) is 37.0 Å². The molecule has 1 N–H and O–H groups in total. The van der Waals surface area contributed by atoms with E-state index in [0.29, 0.717) is 5.92 Å². The van der Waals surface area contributed by atoms with Crippen molar-refractivity contribution >= 4 is 11.7 Å². The van der Waals surface area contributed by atoms with Crippen LogP contribution in [0, 0.1) is 12.8 Å². The maximum Gasteiger partial charge on any atom is 0.331 e. The normalized spacial score (nSPS) is 18.3. The highest BCUT2D eigenvalue weighted by atomic mass is 16.5. The predicted octanol–water partition coefficient (Wildman–Crippen LogP) is 3.53. The molecule has 1 atom stereocenters. The Labute approximate surface area is 115 Å². The number of esters is 1. The molecule has 1 unspecified atom stereocenters. The Hall–Kier alpha value is -1.51. The Kier molecular flexibility index (Phi) is 4.13. The van der Waals surface area contributed by atoms with E-state index in [2.05, 4.69) is 12.2 Å². The molecule has 1 saturated carbocycles. The lowest BCUT2D eigenvalue weighted by Gasteiger charge is -2.36. The van der Waals surface area contributed by atoms with Crippen molar-refractivity contribution in [2.24, 2.45) is 5.92 Å². The average molecular weight is 261 g/mol. The molecule has 1 fully saturated rings. The molecule has 2 rings (SSSR count). The number of hydrogen-bond donors (Lipinski definition) is 1. The van der Waals surface area contributed by atoms with Crippen LogP contribution in [0.4, 0.5) is 5.69 Å². The van der Waals surface area contributed by atoms with Crippen LogP contribution in [0.1, 0.15) is 38.2 Å². The second-order valence-corrected chi connectivity index (χ2v) is 5.82. The first-order chi connectivity index (χ1) is 9.03. The molecule has 0 amide bonds. The van der Waals surface area contributed by atoms with Crippen LogP contribution in [0.25, 0.3) is 0 Å². The number of nitrogens with one attached hydrogen (secondary N) is 1. The van der Waals surface area contributed by atoms with E-state index in [1.165, 1.54) is 31.9 Å². The Bertz CT molecular complexity index is 437. The summed E-state index contributed by atoms with van der Waals surface area (Å²) in [7, 11) is 1.46. The van der Waals surface area contributed by atoms with Crippen LogP contribution in [-0.4, -0.2) is 18.6 Å². The van der Waals surface area contributed by atoms with Gasteiger partial charge in [-0.15, -0.1) is 0 Å². The van der Waals surface area contributed by atoms with Gasteiger partial charge in [0.2, 0.25) is 0 Å². The summed E-state index contributed by atoms with van der Waals surface area (Å²) in [5, 5.41) is 3.36. The van der Waals surface area contributed by atoms with Gasteiger partial charge in [0.1, 0.15) is 5.54 Å². The van der Waals surface area contributed by atoms with Crippen molar-refractivity contribution in [3.63, 3.8) is 0 Å². The van der Waals surface area contributed by atoms with E-state index in [4.69, 9.17) is 4.74 Å². The number of carbonyl (C=O) groups is 1. The highest BCUT2D eigenvalue weighted by Gasteiger charge is 2.38. The number of methoxy groups -OCH3 is 1. The summed E-state index contributed by atoms with van der Waals surface area (Å²) in [4.78, 5) is 12.1. The molecular weight excluding hydrogens is 238 g/mol. The molecule has 0 spiro atoms. The zero-order valence-corrected chi connectivity index (χ0v) is 12.0. The lowest BCUT2D eigenvalue weighted by molar-refractivity contribution is -0.146. The van der Waals surface area contributed by atoms with Crippen molar-refractivity contribution in [1.82, 2.24) is 0 Å². The third-order valence-electron chi connectivity index (χ3n) is 4.03. The molecule has 0 aromatic heterocycles. The number of benzene rings is 1. The van der Waals surface area contributed by atoms with Crippen LogP contribution in [0.2, 0.25) is 0 Å². The Morgan fingerprint density at radius 2 is 2.00 bits per heavy atom. The van der Waals surface area contributed by atoms with Gasteiger partial charge >= 0.3 is 5.97 Å². The highest BCUT2D eigenvalue weighted by molar-refractivity contribution is 5.84. The minimum atomic E-state index is -0.630. The molecule has 3 nitrogen and oxygen atoms in total. The van der Waals surface area contributed by atoms with Crippen LogP contribution in [0.15, 0.2) is 24.3 Å². The second-order valence-electron chi connectivity index (χ2n) is 5.82. The third kappa shape index (κ3) is 3.28. The second kappa shape index (κ2) is 5.64. The smallest absolute Gasteiger partial charge is 0.331 e. The number of hydrogen-bond acceptors (Lipinski definition) is 3. The van der Waals surface area contributed by atoms with Crippen molar-refractivity contribution in [3.8, 4) is 0 Å². The van der Waals surface area contributed by atoms with Gasteiger partial charge in [0.15, 0.2) is 0 Å². The van der Waals surface area contributed by atoms with Gasteiger partial charge in [-0.3, -0.25) is 0 Å². The minimum Gasteiger partial charge on any atom is -0.467 e. The van der Waals surface area contributed by atoms with Gasteiger partial charge in [-0.2, -0.15) is 0 Å². The average Bonchev–Trinajstić information content (AvgIpc) is 2.36. The number of ether oxygens (including phenoxy) is 1. The van der Waals surface area contributed by atoms with E-state index >= 15 is 0 Å². The first kappa shape index (κ1) is 13.9. The first-order valence-corrected chi connectivity index (χ1v) is 6.97. The largest absolute Gasteiger partial charge is 0.467 e. The zero-order valence-electron chi connectivity index (χ0n) is 12.0. The monoisotopic (exact) mass is 261 g/mol. The van der Waals surface area contributed by atoms with Crippen molar-refractivity contribution in [2.45, 2.75) is 45.1 Å². The minimum absolute atomic E-state index is 0.181. The van der Waals surface area contributed by atoms with Crippen LogP contribution in [-0.2, 0) is 9.53 Å². The molecule has 104 valence electrons. The summed E-state index contributed by atoms with van der Waals surface area (Å²) in [6.07, 6.45) is 4.57. The lowest BCUT2D eigenvalue weighted by Crippen LogP contribution is -2.46. The highest BCUT2D eigenvalue weighted by Crippen LogP contribution is 2.35. The summed E-state index contributed by atoms with van der Waals surface area (Å²) >= 11 is 0. The molecule has 0 bridgehead atoms. The molecule has 19 heavy (non-hydrogen) atoms. The quantitative estimate of drug-likeness (QED) is 0.824. The van der Waals surface area contributed by atoms with Gasteiger partial charge in [-0.25, -0.2) is 4.79 Å². The first-order valence-electron chi connectivity index (χ1n) is 6.97. The molecule has 1 aliphatic carbocycles. The van der Waals surface area contributed by atoms with Gasteiger partial charge in [0.25, 0.3) is 0 Å². The van der Waals surface area contributed by atoms with Crippen molar-refractivity contribution < 1.29 is 9.53 Å². The van der Waals surface area contributed by atoms with Crippen molar-refractivity contribution in [2.75, 3.05) is 12.4 Å². The SMILES string of the molecule is COC(=O)C(C)(CC1CCC1)Nc1ccc(C)cc1. The summed E-state index contributed by atoms with van der Waals surface area (Å²) in [5.74, 6) is 0.460. The van der Waals surface area contributed by atoms with E-state index in [9.17, 15) is 4.79 Å². The van der Waals surface area contributed by atoms with Crippen molar-refractivity contribution in [3.05, 3.63) is 29.8 Å². The molecule has 0 saturated heterocycles. The molecule has 1 aromatic rings. The number of rotatable bonds is 5. The standard InChI is InChI=1S/C16H23NO2/c1-12-7-9-14(10-8-12)17-16(2,15(18)19-3)11-13-5-4-6-13/h7-10,13,17H,4-6,11H2,1-3H3. The predicted molar refractivity (Wildman–Crippen MR) is 77.2 cm³/mol.